The minimum Gasteiger partial charge on any atom is -0.493 e. The third kappa shape index (κ3) is 8.63. The van der Waals surface area contributed by atoms with Crippen molar-refractivity contribution < 1.29 is 19.1 Å². The lowest BCUT2D eigenvalue weighted by atomic mass is 10.2. The molecule has 3 amide bonds. The molecule has 186 valence electrons. The number of hydrogen-bond acceptors (Lipinski definition) is 5. The summed E-state index contributed by atoms with van der Waals surface area (Å²) in [5.41, 5.74) is 6.30. The number of nitrogens with one attached hydrogen (secondary N) is 4. The van der Waals surface area contributed by atoms with Gasteiger partial charge < -0.3 is 10.1 Å². The van der Waals surface area contributed by atoms with Crippen LogP contribution in [0.5, 0.6) is 5.75 Å². The molecule has 8 nitrogen and oxygen atoms in total. The number of rotatable bonds is 10. The van der Waals surface area contributed by atoms with Crippen LogP contribution in [0.3, 0.4) is 0 Å². The van der Waals surface area contributed by atoms with Crippen molar-refractivity contribution in [3.05, 3.63) is 58.1 Å². The molecule has 35 heavy (non-hydrogen) atoms. The molecular weight excluding hydrogens is 532 g/mol. The smallest absolute Gasteiger partial charge is 0.269 e. The molecule has 2 aromatic carbocycles. The number of carbonyl (C=O) groups excluding carboxylic acids is 3. The third-order valence-electron chi connectivity index (χ3n) is 5.32. The molecule has 3 rings (SSSR count). The molecule has 0 heterocycles. The minimum atomic E-state index is -0.461. The van der Waals surface area contributed by atoms with E-state index in [0.29, 0.717) is 29.2 Å². The van der Waals surface area contributed by atoms with Gasteiger partial charge in [-0.15, -0.1) is 0 Å². The quantitative estimate of drug-likeness (QED) is 0.190. The number of amides is 3. The van der Waals surface area contributed by atoms with Gasteiger partial charge in [-0.1, -0.05) is 42.1 Å². The van der Waals surface area contributed by atoms with Gasteiger partial charge in [0.2, 0.25) is 5.91 Å². The normalized spacial score (nSPS) is 12.4. The molecule has 2 aromatic rings. The Kier molecular flexibility index (Phi) is 10.0. The second-order valence-electron chi connectivity index (χ2n) is 8.25. The molecular formula is C25H29BrN4O4S. The summed E-state index contributed by atoms with van der Waals surface area (Å²) in [5.74, 6) is -0.343. The van der Waals surface area contributed by atoms with Crippen LogP contribution in [0.25, 0.3) is 0 Å². The van der Waals surface area contributed by atoms with Crippen LogP contribution in [0.1, 0.15) is 66.2 Å². The van der Waals surface area contributed by atoms with Gasteiger partial charge in [-0.25, -0.2) is 0 Å². The summed E-state index contributed by atoms with van der Waals surface area (Å²) in [4.78, 5) is 37.0. The second kappa shape index (κ2) is 13.2. The molecule has 0 aromatic heterocycles. The fraction of sp³-hybridized carbons (Fsp3) is 0.360. The number of thiocarbonyl (C=S) groups is 1. The molecule has 0 aliphatic heterocycles. The zero-order valence-corrected chi connectivity index (χ0v) is 21.9. The number of unbranched alkanes of at least 4 members (excludes halogenated alkanes) is 3. The van der Waals surface area contributed by atoms with Crippen molar-refractivity contribution in [2.75, 3.05) is 11.9 Å². The molecule has 1 fully saturated rings. The van der Waals surface area contributed by atoms with Gasteiger partial charge >= 0.3 is 0 Å². The van der Waals surface area contributed by atoms with Crippen LogP contribution in [0.4, 0.5) is 5.69 Å². The Balaban J connectivity index is 1.48. The van der Waals surface area contributed by atoms with Gasteiger partial charge in [0, 0.05) is 21.6 Å². The topological polar surface area (TPSA) is 109 Å². The summed E-state index contributed by atoms with van der Waals surface area (Å²) in [5, 5.41) is 5.30. The van der Waals surface area contributed by atoms with E-state index in [1.165, 1.54) is 0 Å². The monoisotopic (exact) mass is 560 g/mol. The highest BCUT2D eigenvalue weighted by Gasteiger charge is 2.29. The highest BCUT2D eigenvalue weighted by Crippen LogP contribution is 2.30. The third-order valence-corrected chi connectivity index (χ3v) is 6.02. The molecule has 1 aliphatic rings. The number of hydrogen-bond donors (Lipinski definition) is 4. The standard InChI is InChI=1S/C25H29BrN4O4S/c1-2-3-4-5-14-34-21-13-10-18(26)15-20(21)24(33)28-25(35)30-29-23(32)17-8-11-19(12-9-17)27-22(31)16-6-7-16/h8-13,15-16H,2-7,14H2,1H3,(H,27,31)(H,29,32)(H2,28,30,33,35). The van der Waals surface area contributed by atoms with E-state index in [0.717, 1.165) is 43.0 Å². The first-order chi connectivity index (χ1) is 16.9. The van der Waals surface area contributed by atoms with Crippen LogP contribution < -0.4 is 26.2 Å². The lowest BCUT2D eigenvalue weighted by molar-refractivity contribution is -0.117. The van der Waals surface area contributed by atoms with E-state index in [1.807, 2.05) is 0 Å². The summed E-state index contributed by atoms with van der Waals surface area (Å²) in [6.45, 7) is 2.66. The molecule has 1 aliphatic carbocycles. The van der Waals surface area contributed by atoms with Gasteiger partial charge in [0.1, 0.15) is 5.75 Å². The van der Waals surface area contributed by atoms with Gasteiger partial charge in [0.05, 0.1) is 12.2 Å². The second-order valence-corrected chi connectivity index (χ2v) is 9.58. The van der Waals surface area contributed by atoms with Crippen LogP contribution >= 0.6 is 28.1 Å². The van der Waals surface area contributed by atoms with Crippen molar-refractivity contribution in [3.63, 3.8) is 0 Å². The Morgan fingerprint density at radius 2 is 1.74 bits per heavy atom. The molecule has 4 N–H and O–H groups in total. The van der Waals surface area contributed by atoms with Crippen molar-refractivity contribution >= 4 is 56.7 Å². The van der Waals surface area contributed by atoms with E-state index in [-0.39, 0.29) is 16.9 Å². The van der Waals surface area contributed by atoms with Gasteiger partial charge in [0.15, 0.2) is 5.11 Å². The van der Waals surface area contributed by atoms with Crippen molar-refractivity contribution in [2.45, 2.75) is 45.4 Å². The number of hydrazine groups is 1. The maximum Gasteiger partial charge on any atom is 0.269 e. The zero-order valence-electron chi connectivity index (χ0n) is 19.5. The van der Waals surface area contributed by atoms with Crippen molar-refractivity contribution in [2.24, 2.45) is 5.92 Å². The SMILES string of the molecule is CCCCCCOc1ccc(Br)cc1C(=O)NC(=S)NNC(=O)c1ccc(NC(=O)C2CC2)cc1. The summed E-state index contributed by atoms with van der Waals surface area (Å²) in [6.07, 6.45) is 6.10. The Morgan fingerprint density at radius 1 is 1.00 bits per heavy atom. The molecule has 1 saturated carbocycles. The number of ether oxygens (including phenoxy) is 1. The van der Waals surface area contributed by atoms with E-state index in [1.54, 1.807) is 42.5 Å². The lowest BCUT2D eigenvalue weighted by Crippen LogP contribution is -2.48. The van der Waals surface area contributed by atoms with Gasteiger partial charge in [-0.2, -0.15) is 0 Å². The van der Waals surface area contributed by atoms with Crippen LogP contribution in [0.15, 0.2) is 46.9 Å². The Bertz CT molecular complexity index is 1070. The Hall–Kier alpha value is -2.98. The minimum absolute atomic E-state index is 0.000421. The average molecular weight is 562 g/mol. The van der Waals surface area contributed by atoms with Crippen LogP contribution in [0, 0.1) is 5.92 Å². The lowest BCUT2D eigenvalue weighted by Gasteiger charge is -2.14. The predicted molar refractivity (Wildman–Crippen MR) is 142 cm³/mol. The van der Waals surface area contributed by atoms with Crippen molar-refractivity contribution in [1.29, 1.82) is 0 Å². The van der Waals surface area contributed by atoms with Gasteiger partial charge in [-0.05, 0) is 73.9 Å². The Morgan fingerprint density at radius 3 is 2.43 bits per heavy atom. The first kappa shape index (κ1) is 26.6. The van der Waals surface area contributed by atoms with Crippen molar-refractivity contribution in [3.8, 4) is 5.75 Å². The largest absolute Gasteiger partial charge is 0.493 e. The van der Waals surface area contributed by atoms with E-state index < -0.39 is 11.8 Å². The van der Waals surface area contributed by atoms with Gasteiger partial charge in [-0.3, -0.25) is 30.6 Å². The maximum atomic E-state index is 12.8. The summed E-state index contributed by atoms with van der Waals surface area (Å²) >= 11 is 8.52. The van der Waals surface area contributed by atoms with E-state index in [9.17, 15) is 14.4 Å². The average Bonchev–Trinajstić information content (AvgIpc) is 3.69. The first-order valence-electron chi connectivity index (χ1n) is 11.6. The number of anilines is 1. The van der Waals surface area contributed by atoms with E-state index in [2.05, 4.69) is 44.3 Å². The van der Waals surface area contributed by atoms with Crippen LogP contribution in [-0.4, -0.2) is 29.4 Å². The fourth-order valence-corrected chi connectivity index (χ4v) is 3.70. The first-order valence-corrected chi connectivity index (χ1v) is 12.8. The maximum absolute atomic E-state index is 12.8. The molecule has 0 atom stereocenters. The van der Waals surface area contributed by atoms with Gasteiger partial charge in [0.25, 0.3) is 11.8 Å². The van der Waals surface area contributed by atoms with Crippen LogP contribution in [-0.2, 0) is 4.79 Å². The molecule has 0 saturated heterocycles. The number of carbonyl (C=O) groups is 3. The molecule has 0 radical (unpaired) electrons. The molecule has 10 heteroatoms. The molecule has 0 spiro atoms. The Labute approximate surface area is 218 Å². The van der Waals surface area contributed by atoms with E-state index >= 15 is 0 Å². The summed E-state index contributed by atoms with van der Waals surface area (Å²) in [6, 6.07) is 11.7. The zero-order chi connectivity index (χ0) is 25.2. The number of benzene rings is 2. The van der Waals surface area contributed by atoms with E-state index in [4.69, 9.17) is 17.0 Å². The molecule has 0 bridgehead atoms. The summed E-state index contributed by atoms with van der Waals surface area (Å²) in [7, 11) is 0. The fourth-order valence-electron chi connectivity index (χ4n) is 3.20. The van der Waals surface area contributed by atoms with Crippen LogP contribution in [0.2, 0.25) is 0 Å². The highest BCUT2D eigenvalue weighted by molar-refractivity contribution is 9.10. The predicted octanol–water partition coefficient (Wildman–Crippen LogP) is 4.71. The molecule has 0 unspecified atom stereocenters. The number of halogens is 1. The summed E-state index contributed by atoms with van der Waals surface area (Å²) < 4.78 is 6.53. The highest BCUT2D eigenvalue weighted by atomic mass is 79.9. The van der Waals surface area contributed by atoms with Crippen molar-refractivity contribution in [1.82, 2.24) is 16.2 Å².